The number of pyridine rings is 1. The summed E-state index contributed by atoms with van der Waals surface area (Å²) in [6.07, 6.45) is 1.63. The van der Waals surface area contributed by atoms with E-state index < -0.39 is 0 Å². The normalized spacial score (nSPS) is 11.5. The summed E-state index contributed by atoms with van der Waals surface area (Å²) in [6, 6.07) is 10.9. The van der Waals surface area contributed by atoms with Gasteiger partial charge in [0.2, 0.25) is 5.88 Å². The van der Waals surface area contributed by atoms with Crippen LogP contribution >= 0.6 is 0 Å². The van der Waals surface area contributed by atoms with Crippen LogP contribution in [0.1, 0.15) is 19.4 Å². The molecule has 0 aliphatic rings. The molecular weight excluding hydrogens is 334 g/mol. The number of benzene rings is 1. The van der Waals surface area contributed by atoms with Gasteiger partial charge in [0.15, 0.2) is 5.84 Å². The predicted octanol–water partition coefficient (Wildman–Crippen LogP) is 3.38. The van der Waals surface area contributed by atoms with Crippen LogP contribution in [-0.4, -0.2) is 54.3 Å². The molecule has 0 saturated heterocycles. The minimum absolute atomic E-state index is 0.102. The van der Waals surface area contributed by atoms with Crippen LogP contribution in [0.15, 0.2) is 47.8 Å². The van der Waals surface area contributed by atoms with Gasteiger partial charge in [-0.15, -0.1) is 0 Å². The fraction of sp³-hybridized carbons (Fsp3) is 0.368. The Morgan fingerprint density at radius 1 is 1.15 bits per heavy atom. The molecule has 1 aromatic carbocycles. The molecule has 0 radical (unpaired) electrons. The maximum Gasteiger partial charge on any atom is 0.230 e. The molecule has 2 rings (SSSR count). The second-order valence-corrected chi connectivity index (χ2v) is 5.84. The zero-order valence-corrected chi connectivity index (χ0v) is 15.5. The molecule has 0 bridgehead atoms. The average Bonchev–Trinajstić information content (AvgIpc) is 2.66. The van der Waals surface area contributed by atoms with Crippen LogP contribution in [0.5, 0.6) is 17.4 Å². The van der Waals surface area contributed by atoms with E-state index >= 15 is 0 Å². The van der Waals surface area contributed by atoms with E-state index in [2.05, 4.69) is 10.1 Å². The molecule has 0 saturated carbocycles. The van der Waals surface area contributed by atoms with Crippen molar-refractivity contribution in [2.75, 3.05) is 27.4 Å². The van der Waals surface area contributed by atoms with E-state index in [9.17, 15) is 5.21 Å². The van der Waals surface area contributed by atoms with E-state index in [-0.39, 0.29) is 6.04 Å². The molecular formula is C19H25N3O4. The molecule has 2 aromatic rings. The van der Waals surface area contributed by atoms with Gasteiger partial charge in [0.1, 0.15) is 11.5 Å². The molecule has 1 N–H and O–H groups in total. The van der Waals surface area contributed by atoms with Crippen LogP contribution < -0.4 is 9.47 Å². The third kappa shape index (κ3) is 4.86. The van der Waals surface area contributed by atoms with Crippen molar-refractivity contribution in [3.05, 3.63) is 48.2 Å². The lowest BCUT2D eigenvalue weighted by molar-refractivity contribution is 0.164. The van der Waals surface area contributed by atoms with Crippen LogP contribution in [0.2, 0.25) is 0 Å². The summed E-state index contributed by atoms with van der Waals surface area (Å²) in [5.41, 5.74) is 0.593. The summed E-state index contributed by atoms with van der Waals surface area (Å²) < 4.78 is 16.2. The molecule has 0 aliphatic heterocycles. The summed E-state index contributed by atoms with van der Waals surface area (Å²) in [4.78, 5) is 6.24. The van der Waals surface area contributed by atoms with E-state index in [0.717, 1.165) is 5.75 Å². The van der Waals surface area contributed by atoms with Gasteiger partial charge in [-0.2, -0.15) is 0 Å². The van der Waals surface area contributed by atoms with Crippen molar-refractivity contribution < 1.29 is 19.4 Å². The van der Waals surface area contributed by atoms with Crippen molar-refractivity contribution in [3.63, 3.8) is 0 Å². The van der Waals surface area contributed by atoms with E-state index in [4.69, 9.17) is 14.2 Å². The first-order valence-electron chi connectivity index (χ1n) is 8.35. The van der Waals surface area contributed by atoms with Crippen LogP contribution in [0.3, 0.4) is 0 Å². The van der Waals surface area contributed by atoms with Crippen molar-refractivity contribution in [1.82, 2.24) is 9.88 Å². The van der Waals surface area contributed by atoms with Gasteiger partial charge in [0.25, 0.3) is 0 Å². The highest BCUT2D eigenvalue weighted by Crippen LogP contribution is 2.26. The monoisotopic (exact) mass is 359 g/mol. The average molecular weight is 359 g/mol. The van der Waals surface area contributed by atoms with E-state index in [1.807, 2.05) is 24.8 Å². The van der Waals surface area contributed by atoms with Gasteiger partial charge in [-0.25, -0.2) is 4.98 Å². The zero-order chi connectivity index (χ0) is 18.9. The topological polar surface area (TPSA) is 76.4 Å². The lowest BCUT2D eigenvalue weighted by Crippen LogP contribution is -2.40. The van der Waals surface area contributed by atoms with Gasteiger partial charge in [0, 0.05) is 25.9 Å². The minimum Gasteiger partial charge on any atom is -0.497 e. The Balaban J connectivity index is 2.32. The van der Waals surface area contributed by atoms with Gasteiger partial charge >= 0.3 is 0 Å². The number of hydrogen-bond acceptors (Lipinski definition) is 6. The summed E-state index contributed by atoms with van der Waals surface area (Å²) in [7, 11) is 3.24. The highest BCUT2D eigenvalue weighted by molar-refractivity contribution is 6.00. The van der Waals surface area contributed by atoms with Gasteiger partial charge in [-0.3, -0.25) is 0 Å². The Labute approximate surface area is 153 Å². The highest BCUT2D eigenvalue weighted by atomic mass is 16.5. The van der Waals surface area contributed by atoms with Crippen LogP contribution in [-0.2, 0) is 4.74 Å². The molecule has 140 valence electrons. The molecule has 0 amide bonds. The van der Waals surface area contributed by atoms with Crippen molar-refractivity contribution in [2.24, 2.45) is 5.16 Å². The van der Waals surface area contributed by atoms with Crippen molar-refractivity contribution in [3.8, 4) is 17.4 Å². The first-order valence-corrected chi connectivity index (χ1v) is 8.35. The number of rotatable bonds is 8. The Hall–Kier alpha value is -2.80. The molecule has 0 fully saturated rings. The Morgan fingerprint density at radius 2 is 1.85 bits per heavy atom. The molecule has 1 aromatic heterocycles. The molecule has 26 heavy (non-hydrogen) atoms. The Kier molecular flexibility index (Phi) is 7.23. The van der Waals surface area contributed by atoms with E-state index in [0.29, 0.717) is 36.2 Å². The quantitative estimate of drug-likeness (QED) is 0.337. The lowest BCUT2D eigenvalue weighted by Gasteiger charge is -2.29. The fourth-order valence-corrected chi connectivity index (χ4v) is 2.46. The molecule has 7 nitrogen and oxygen atoms in total. The summed E-state index contributed by atoms with van der Waals surface area (Å²) in [5.74, 6) is 2.08. The number of oxime groups is 1. The maximum absolute atomic E-state index is 9.66. The van der Waals surface area contributed by atoms with Gasteiger partial charge in [-0.1, -0.05) is 5.16 Å². The predicted molar refractivity (Wildman–Crippen MR) is 99.3 cm³/mol. The molecule has 0 unspecified atom stereocenters. The summed E-state index contributed by atoms with van der Waals surface area (Å²) >= 11 is 0. The van der Waals surface area contributed by atoms with E-state index in [1.54, 1.807) is 50.7 Å². The zero-order valence-electron chi connectivity index (χ0n) is 15.5. The van der Waals surface area contributed by atoms with Gasteiger partial charge in [0.05, 0.1) is 19.3 Å². The van der Waals surface area contributed by atoms with Crippen LogP contribution in [0, 0.1) is 0 Å². The van der Waals surface area contributed by atoms with Gasteiger partial charge < -0.3 is 24.3 Å². The van der Waals surface area contributed by atoms with Gasteiger partial charge in [-0.05, 0) is 50.2 Å². The molecule has 0 aliphatic carbocycles. The third-order valence-corrected chi connectivity index (χ3v) is 3.81. The van der Waals surface area contributed by atoms with Crippen molar-refractivity contribution >= 4 is 5.84 Å². The van der Waals surface area contributed by atoms with E-state index in [1.165, 1.54) is 0 Å². The maximum atomic E-state index is 9.66. The van der Waals surface area contributed by atoms with Crippen LogP contribution in [0.25, 0.3) is 0 Å². The molecule has 7 heteroatoms. The standard InChI is InChI=1S/C19H25N3O4/c1-14(2)22(12-13-24-3)18(21-23)17-6-5-11-20-19(17)26-16-9-7-15(25-4)8-10-16/h5-11,14,23H,12-13H2,1-4H3/b21-18-. The second-order valence-electron chi connectivity index (χ2n) is 5.84. The third-order valence-electron chi connectivity index (χ3n) is 3.81. The number of amidine groups is 1. The number of ether oxygens (including phenoxy) is 3. The largest absolute Gasteiger partial charge is 0.497 e. The molecule has 0 spiro atoms. The lowest BCUT2D eigenvalue weighted by atomic mass is 10.2. The number of hydrogen-bond donors (Lipinski definition) is 1. The Morgan fingerprint density at radius 3 is 2.42 bits per heavy atom. The van der Waals surface area contributed by atoms with Crippen molar-refractivity contribution in [2.45, 2.75) is 19.9 Å². The number of aromatic nitrogens is 1. The SMILES string of the molecule is COCCN(/C(=N\O)c1cccnc1Oc1ccc(OC)cc1)C(C)C. The second kappa shape index (κ2) is 9.62. The summed E-state index contributed by atoms with van der Waals surface area (Å²) in [5, 5.41) is 13.2. The number of nitrogens with zero attached hydrogens (tertiary/aromatic N) is 3. The minimum atomic E-state index is 0.102. The van der Waals surface area contributed by atoms with Crippen molar-refractivity contribution in [1.29, 1.82) is 0 Å². The first kappa shape index (κ1) is 19.5. The Bertz CT molecular complexity index is 717. The molecule has 0 atom stereocenters. The molecule has 1 heterocycles. The summed E-state index contributed by atoms with van der Waals surface area (Å²) in [6.45, 7) is 5.11. The highest BCUT2D eigenvalue weighted by Gasteiger charge is 2.22. The van der Waals surface area contributed by atoms with Crippen LogP contribution in [0.4, 0.5) is 0 Å². The fourth-order valence-electron chi connectivity index (χ4n) is 2.46. The number of methoxy groups -OCH3 is 2. The smallest absolute Gasteiger partial charge is 0.230 e. The first-order chi connectivity index (χ1) is 12.6.